The van der Waals surface area contributed by atoms with Gasteiger partial charge < -0.3 is 5.73 Å². The Labute approximate surface area is 90.8 Å². The van der Waals surface area contributed by atoms with Crippen LogP contribution in [0.25, 0.3) is 0 Å². The molecule has 0 fully saturated rings. The van der Waals surface area contributed by atoms with Gasteiger partial charge in [0.25, 0.3) is 0 Å². The van der Waals surface area contributed by atoms with Gasteiger partial charge in [-0.1, -0.05) is 13.0 Å². The predicted octanol–water partition coefficient (Wildman–Crippen LogP) is 1.08. The predicted molar refractivity (Wildman–Crippen MR) is 61.1 cm³/mol. The average molecular weight is 228 g/mol. The quantitative estimate of drug-likeness (QED) is 0.787. The smallest absolute Gasteiger partial charge is 0.242 e. The largest absolute Gasteiger partial charge is 0.399 e. The summed E-state index contributed by atoms with van der Waals surface area (Å²) in [4.78, 5) is 0.301. The summed E-state index contributed by atoms with van der Waals surface area (Å²) in [7, 11) is -0.365. The molecule has 5 heteroatoms. The Bertz CT molecular complexity index is 452. The van der Waals surface area contributed by atoms with E-state index < -0.39 is 10.0 Å². The van der Waals surface area contributed by atoms with Crippen LogP contribution < -0.4 is 5.73 Å². The van der Waals surface area contributed by atoms with Gasteiger partial charge in [0.2, 0.25) is 10.0 Å². The molecule has 0 unspecified atom stereocenters. The highest BCUT2D eigenvalue weighted by molar-refractivity contribution is 7.89. The Balaban J connectivity index is 3.42. The fourth-order valence-electron chi connectivity index (χ4n) is 1.30. The van der Waals surface area contributed by atoms with Gasteiger partial charge >= 0.3 is 0 Å². The third kappa shape index (κ3) is 2.30. The van der Waals surface area contributed by atoms with Gasteiger partial charge in [-0.3, -0.25) is 0 Å². The first-order valence-corrected chi connectivity index (χ1v) is 6.14. The van der Waals surface area contributed by atoms with Gasteiger partial charge in [-0.2, -0.15) is 0 Å². The minimum atomic E-state index is -3.39. The second-order valence-electron chi connectivity index (χ2n) is 3.51. The van der Waals surface area contributed by atoms with Crippen molar-refractivity contribution in [2.24, 2.45) is 0 Å². The van der Waals surface area contributed by atoms with E-state index >= 15 is 0 Å². The topological polar surface area (TPSA) is 63.4 Å². The van der Waals surface area contributed by atoms with Crippen LogP contribution in [0.4, 0.5) is 5.69 Å². The minimum Gasteiger partial charge on any atom is -0.399 e. The van der Waals surface area contributed by atoms with Gasteiger partial charge in [0.05, 0.1) is 4.90 Å². The van der Waals surface area contributed by atoms with E-state index in [0.717, 1.165) is 5.56 Å². The Morgan fingerprint density at radius 1 is 1.33 bits per heavy atom. The summed E-state index contributed by atoms with van der Waals surface area (Å²) in [5.41, 5.74) is 6.85. The van der Waals surface area contributed by atoms with Gasteiger partial charge in [0.1, 0.15) is 0 Å². The highest BCUT2D eigenvalue weighted by Gasteiger charge is 2.20. The first kappa shape index (κ1) is 12.0. The first-order valence-electron chi connectivity index (χ1n) is 4.70. The van der Waals surface area contributed by atoms with E-state index in [9.17, 15) is 8.42 Å². The molecular formula is C10H16N2O2S. The molecule has 15 heavy (non-hydrogen) atoms. The van der Waals surface area contributed by atoms with Crippen molar-refractivity contribution in [2.75, 3.05) is 19.8 Å². The lowest BCUT2D eigenvalue weighted by Crippen LogP contribution is -2.23. The zero-order valence-electron chi connectivity index (χ0n) is 9.19. The molecule has 0 bridgehead atoms. The molecule has 0 amide bonds. The highest BCUT2D eigenvalue weighted by Crippen LogP contribution is 2.21. The van der Waals surface area contributed by atoms with E-state index in [2.05, 4.69) is 0 Å². The lowest BCUT2D eigenvalue weighted by Gasteiger charge is -2.14. The number of benzene rings is 1. The van der Waals surface area contributed by atoms with Crippen LogP contribution in [0.2, 0.25) is 0 Å². The lowest BCUT2D eigenvalue weighted by molar-refractivity contribution is 0.520. The maximum absolute atomic E-state index is 11.9. The van der Waals surface area contributed by atoms with Crippen molar-refractivity contribution in [3.05, 3.63) is 23.8 Å². The number of rotatable bonds is 3. The Hall–Kier alpha value is -1.07. The molecule has 0 radical (unpaired) electrons. The van der Waals surface area contributed by atoms with E-state index in [1.54, 1.807) is 12.1 Å². The van der Waals surface area contributed by atoms with Crippen LogP contribution in [0.1, 0.15) is 12.5 Å². The van der Waals surface area contributed by atoms with Crippen LogP contribution in [0.3, 0.4) is 0 Å². The standard InChI is InChI=1S/C10H16N2O2S/c1-4-8-5-6-9(11)7-10(8)15(13,14)12(2)3/h5-7H,4,11H2,1-3H3. The Morgan fingerprint density at radius 2 is 1.93 bits per heavy atom. The lowest BCUT2D eigenvalue weighted by atomic mass is 10.1. The zero-order valence-corrected chi connectivity index (χ0v) is 10.0. The summed E-state index contributed by atoms with van der Waals surface area (Å²) in [6.45, 7) is 1.92. The molecule has 0 spiro atoms. The summed E-state index contributed by atoms with van der Waals surface area (Å²) in [6.07, 6.45) is 0.669. The monoisotopic (exact) mass is 228 g/mol. The summed E-state index contributed by atoms with van der Waals surface area (Å²) in [5, 5.41) is 0. The van der Waals surface area contributed by atoms with Crippen LogP contribution in [0.5, 0.6) is 0 Å². The van der Waals surface area contributed by atoms with Crippen molar-refractivity contribution in [1.29, 1.82) is 0 Å². The SMILES string of the molecule is CCc1ccc(N)cc1S(=O)(=O)N(C)C. The number of hydrogen-bond acceptors (Lipinski definition) is 3. The molecule has 2 N–H and O–H groups in total. The number of anilines is 1. The Kier molecular flexibility index (Phi) is 3.36. The highest BCUT2D eigenvalue weighted by atomic mass is 32.2. The molecule has 0 aliphatic carbocycles. The number of nitrogens with zero attached hydrogens (tertiary/aromatic N) is 1. The third-order valence-corrected chi connectivity index (χ3v) is 4.13. The van der Waals surface area contributed by atoms with E-state index in [1.807, 2.05) is 6.92 Å². The van der Waals surface area contributed by atoms with Gasteiger partial charge in [-0.05, 0) is 24.1 Å². The number of nitrogens with two attached hydrogens (primary N) is 1. The van der Waals surface area contributed by atoms with Crippen LogP contribution >= 0.6 is 0 Å². The van der Waals surface area contributed by atoms with Gasteiger partial charge in [-0.25, -0.2) is 12.7 Å². The minimum absolute atomic E-state index is 0.301. The number of sulfonamides is 1. The fourth-order valence-corrected chi connectivity index (χ4v) is 2.52. The summed E-state index contributed by atoms with van der Waals surface area (Å²) >= 11 is 0. The molecule has 0 aromatic heterocycles. The molecule has 0 heterocycles. The van der Waals surface area contributed by atoms with Crippen LogP contribution in [0, 0.1) is 0 Å². The molecule has 1 aromatic rings. The van der Waals surface area contributed by atoms with Crippen molar-refractivity contribution in [2.45, 2.75) is 18.2 Å². The fraction of sp³-hybridized carbons (Fsp3) is 0.400. The summed E-state index contributed by atoms with van der Waals surface area (Å²) in [6, 6.07) is 4.98. The molecule has 1 aromatic carbocycles. The van der Waals surface area contributed by atoms with Crippen molar-refractivity contribution >= 4 is 15.7 Å². The molecule has 0 saturated heterocycles. The van der Waals surface area contributed by atoms with E-state index in [4.69, 9.17) is 5.73 Å². The maximum atomic E-state index is 11.9. The molecule has 84 valence electrons. The van der Waals surface area contributed by atoms with Crippen LogP contribution in [-0.2, 0) is 16.4 Å². The molecular weight excluding hydrogens is 212 g/mol. The number of hydrogen-bond donors (Lipinski definition) is 1. The van der Waals surface area contributed by atoms with Gasteiger partial charge in [0.15, 0.2) is 0 Å². The second kappa shape index (κ2) is 4.20. The third-order valence-electron chi connectivity index (χ3n) is 2.23. The van der Waals surface area contributed by atoms with E-state index in [-0.39, 0.29) is 0 Å². The van der Waals surface area contributed by atoms with Gasteiger partial charge in [-0.15, -0.1) is 0 Å². The van der Waals surface area contributed by atoms with Crippen LogP contribution in [-0.4, -0.2) is 26.8 Å². The average Bonchev–Trinajstić information content (AvgIpc) is 2.17. The maximum Gasteiger partial charge on any atom is 0.242 e. The van der Waals surface area contributed by atoms with E-state index in [0.29, 0.717) is 17.0 Å². The molecule has 0 aliphatic heterocycles. The van der Waals surface area contributed by atoms with Crippen molar-refractivity contribution in [1.82, 2.24) is 4.31 Å². The van der Waals surface area contributed by atoms with Crippen molar-refractivity contribution in [3.8, 4) is 0 Å². The van der Waals surface area contributed by atoms with Crippen molar-refractivity contribution in [3.63, 3.8) is 0 Å². The van der Waals surface area contributed by atoms with Crippen molar-refractivity contribution < 1.29 is 8.42 Å². The zero-order chi connectivity index (χ0) is 11.6. The van der Waals surface area contributed by atoms with Crippen LogP contribution in [0.15, 0.2) is 23.1 Å². The van der Waals surface area contributed by atoms with Gasteiger partial charge in [0, 0.05) is 19.8 Å². The molecule has 1 rings (SSSR count). The molecule has 0 atom stereocenters. The second-order valence-corrected chi connectivity index (χ2v) is 5.63. The summed E-state index contributed by atoms with van der Waals surface area (Å²) in [5.74, 6) is 0. The number of nitrogen functional groups attached to an aromatic ring is 1. The molecule has 0 aliphatic rings. The molecule has 0 saturated carbocycles. The van der Waals surface area contributed by atoms with E-state index in [1.165, 1.54) is 24.5 Å². The molecule has 4 nitrogen and oxygen atoms in total. The normalized spacial score (nSPS) is 12.0. The number of aryl methyl sites for hydroxylation is 1. The Morgan fingerprint density at radius 3 is 2.40 bits per heavy atom. The first-order chi connectivity index (χ1) is 6.89. The summed E-state index contributed by atoms with van der Waals surface area (Å²) < 4.78 is 25.1.